The minimum atomic E-state index is -0.110. The van der Waals surface area contributed by atoms with Gasteiger partial charge in [-0.05, 0) is 30.3 Å². The Kier molecular flexibility index (Phi) is 5.17. The van der Waals surface area contributed by atoms with Crippen molar-refractivity contribution in [2.75, 3.05) is 11.1 Å². The molecular formula is C16H15N3O3S2. The van der Waals surface area contributed by atoms with Crippen molar-refractivity contribution >= 4 is 50.8 Å². The number of anilines is 1. The number of carbonyl (C=O) groups is 2. The van der Waals surface area contributed by atoms with Gasteiger partial charge in [0.1, 0.15) is 5.76 Å². The van der Waals surface area contributed by atoms with Crippen molar-refractivity contribution in [1.29, 1.82) is 0 Å². The van der Waals surface area contributed by atoms with Crippen molar-refractivity contribution in [3.8, 4) is 0 Å². The molecule has 3 aromatic rings. The molecule has 0 radical (unpaired) electrons. The van der Waals surface area contributed by atoms with E-state index in [0.717, 1.165) is 26.0 Å². The second-order valence-electron chi connectivity index (χ2n) is 4.99. The number of nitrogens with one attached hydrogen (secondary N) is 2. The molecule has 0 aliphatic rings. The zero-order chi connectivity index (χ0) is 16.9. The average molecular weight is 361 g/mol. The first-order valence-electron chi connectivity index (χ1n) is 7.20. The van der Waals surface area contributed by atoms with Gasteiger partial charge in [0.2, 0.25) is 11.8 Å². The van der Waals surface area contributed by atoms with Crippen LogP contribution in [0.5, 0.6) is 0 Å². The Morgan fingerprint density at radius 3 is 2.96 bits per heavy atom. The SMILES string of the molecule is CC(=O)Nc1ccc2nc(SCC(=O)NCc3ccco3)sc2c1. The lowest BCUT2D eigenvalue weighted by Crippen LogP contribution is -2.24. The molecule has 0 atom stereocenters. The number of thioether (sulfide) groups is 1. The first kappa shape index (κ1) is 16.5. The molecule has 2 aromatic heterocycles. The van der Waals surface area contributed by atoms with E-state index in [1.165, 1.54) is 30.0 Å². The topological polar surface area (TPSA) is 84.2 Å². The summed E-state index contributed by atoms with van der Waals surface area (Å²) >= 11 is 2.89. The number of furan rings is 1. The summed E-state index contributed by atoms with van der Waals surface area (Å²) in [6.45, 7) is 1.85. The monoisotopic (exact) mass is 361 g/mol. The summed E-state index contributed by atoms with van der Waals surface area (Å²) in [4.78, 5) is 27.4. The van der Waals surface area contributed by atoms with Gasteiger partial charge in [0.25, 0.3) is 0 Å². The third kappa shape index (κ3) is 4.36. The Labute approximate surface area is 146 Å². The van der Waals surface area contributed by atoms with Gasteiger partial charge >= 0.3 is 0 Å². The number of hydrogen-bond acceptors (Lipinski definition) is 6. The molecule has 0 aliphatic carbocycles. The first-order chi connectivity index (χ1) is 11.6. The normalized spacial score (nSPS) is 10.7. The largest absolute Gasteiger partial charge is 0.467 e. The van der Waals surface area contributed by atoms with Crippen LogP contribution < -0.4 is 10.6 Å². The second kappa shape index (κ2) is 7.50. The molecule has 3 rings (SSSR count). The molecule has 8 heteroatoms. The summed E-state index contributed by atoms with van der Waals surface area (Å²) in [5.41, 5.74) is 1.60. The van der Waals surface area contributed by atoms with E-state index in [1.54, 1.807) is 12.3 Å². The van der Waals surface area contributed by atoms with E-state index in [1.807, 2.05) is 24.3 Å². The van der Waals surface area contributed by atoms with E-state index in [9.17, 15) is 9.59 Å². The van der Waals surface area contributed by atoms with E-state index >= 15 is 0 Å². The Bertz CT molecular complexity index is 859. The van der Waals surface area contributed by atoms with Crippen molar-refractivity contribution in [3.05, 3.63) is 42.4 Å². The van der Waals surface area contributed by atoms with Crippen molar-refractivity contribution in [2.24, 2.45) is 0 Å². The van der Waals surface area contributed by atoms with Gasteiger partial charge in [0.05, 0.1) is 28.8 Å². The molecule has 2 N–H and O–H groups in total. The lowest BCUT2D eigenvalue weighted by molar-refractivity contribution is -0.118. The predicted molar refractivity (Wildman–Crippen MR) is 95.2 cm³/mol. The molecule has 0 fully saturated rings. The maximum atomic E-state index is 11.9. The van der Waals surface area contributed by atoms with Gasteiger partial charge < -0.3 is 15.1 Å². The second-order valence-corrected chi connectivity index (χ2v) is 7.24. The Balaban J connectivity index is 1.56. The van der Waals surface area contributed by atoms with Crippen LogP contribution in [0.4, 0.5) is 5.69 Å². The highest BCUT2D eigenvalue weighted by Gasteiger charge is 2.09. The number of nitrogens with zero attached hydrogens (tertiary/aromatic N) is 1. The van der Waals surface area contributed by atoms with Gasteiger partial charge in [0.15, 0.2) is 4.34 Å². The zero-order valence-electron chi connectivity index (χ0n) is 12.9. The summed E-state index contributed by atoms with van der Waals surface area (Å²) in [6.07, 6.45) is 1.58. The smallest absolute Gasteiger partial charge is 0.230 e. The minimum Gasteiger partial charge on any atom is -0.467 e. The third-order valence-corrected chi connectivity index (χ3v) is 5.22. The summed E-state index contributed by atoms with van der Waals surface area (Å²) < 4.78 is 6.95. The molecule has 124 valence electrons. The highest BCUT2D eigenvalue weighted by Crippen LogP contribution is 2.31. The van der Waals surface area contributed by atoms with E-state index in [0.29, 0.717) is 12.3 Å². The van der Waals surface area contributed by atoms with Crippen LogP contribution >= 0.6 is 23.1 Å². The van der Waals surface area contributed by atoms with Crippen LogP contribution in [0.3, 0.4) is 0 Å². The zero-order valence-corrected chi connectivity index (χ0v) is 14.5. The number of rotatable bonds is 6. The molecule has 1 aromatic carbocycles. The summed E-state index contributed by atoms with van der Waals surface area (Å²) in [7, 11) is 0. The fourth-order valence-corrected chi connectivity index (χ4v) is 3.96. The number of carbonyl (C=O) groups excluding carboxylic acids is 2. The standard InChI is InChI=1S/C16H15N3O3S2/c1-10(20)18-11-4-5-13-14(7-11)24-16(19-13)23-9-15(21)17-8-12-3-2-6-22-12/h2-7H,8-9H2,1H3,(H,17,21)(H,18,20). The summed E-state index contributed by atoms with van der Waals surface area (Å²) in [5.74, 6) is 0.828. The maximum absolute atomic E-state index is 11.9. The van der Waals surface area contributed by atoms with Crippen LogP contribution in [0, 0.1) is 0 Å². The lowest BCUT2D eigenvalue weighted by atomic mass is 10.3. The number of benzene rings is 1. The van der Waals surface area contributed by atoms with Crippen molar-refractivity contribution in [3.63, 3.8) is 0 Å². The molecule has 2 heterocycles. The third-order valence-electron chi connectivity index (χ3n) is 3.06. The summed E-state index contributed by atoms with van der Waals surface area (Å²) in [6, 6.07) is 9.15. The van der Waals surface area contributed by atoms with Crippen LogP contribution in [-0.2, 0) is 16.1 Å². The van der Waals surface area contributed by atoms with Crippen molar-refractivity contribution in [2.45, 2.75) is 17.8 Å². The average Bonchev–Trinajstić information content (AvgIpc) is 3.19. The summed E-state index contributed by atoms with van der Waals surface area (Å²) in [5, 5.41) is 5.54. The van der Waals surface area contributed by atoms with Crippen molar-refractivity contribution < 1.29 is 14.0 Å². The fourth-order valence-electron chi connectivity index (χ4n) is 2.02. The van der Waals surface area contributed by atoms with E-state index in [-0.39, 0.29) is 11.8 Å². The molecule has 0 unspecified atom stereocenters. The van der Waals surface area contributed by atoms with Crippen LogP contribution in [0.25, 0.3) is 10.2 Å². The molecule has 2 amide bonds. The highest BCUT2D eigenvalue weighted by molar-refractivity contribution is 8.01. The maximum Gasteiger partial charge on any atom is 0.230 e. The number of hydrogen-bond donors (Lipinski definition) is 2. The molecule has 0 aliphatic heterocycles. The minimum absolute atomic E-state index is 0.0745. The van der Waals surface area contributed by atoms with Gasteiger partial charge in [-0.15, -0.1) is 11.3 Å². The van der Waals surface area contributed by atoms with E-state index in [2.05, 4.69) is 15.6 Å². The predicted octanol–water partition coefficient (Wildman–Crippen LogP) is 3.26. The molecular weight excluding hydrogens is 346 g/mol. The fraction of sp³-hybridized carbons (Fsp3) is 0.188. The highest BCUT2D eigenvalue weighted by atomic mass is 32.2. The Morgan fingerprint density at radius 1 is 1.33 bits per heavy atom. The molecule has 0 saturated carbocycles. The van der Waals surface area contributed by atoms with Gasteiger partial charge in [-0.1, -0.05) is 11.8 Å². The van der Waals surface area contributed by atoms with Crippen LogP contribution in [0.2, 0.25) is 0 Å². The molecule has 0 bridgehead atoms. The van der Waals surface area contributed by atoms with Gasteiger partial charge in [-0.2, -0.15) is 0 Å². The van der Waals surface area contributed by atoms with E-state index in [4.69, 9.17) is 4.42 Å². The number of fused-ring (bicyclic) bond motifs is 1. The van der Waals surface area contributed by atoms with Gasteiger partial charge in [-0.25, -0.2) is 4.98 Å². The quantitative estimate of drug-likeness (QED) is 0.659. The molecule has 0 spiro atoms. The molecule has 6 nitrogen and oxygen atoms in total. The number of amides is 2. The van der Waals surface area contributed by atoms with Crippen LogP contribution in [0.15, 0.2) is 45.4 Å². The van der Waals surface area contributed by atoms with Crippen LogP contribution in [-0.4, -0.2) is 22.6 Å². The van der Waals surface area contributed by atoms with Gasteiger partial charge in [-0.3, -0.25) is 9.59 Å². The number of aromatic nitrogens is 1. The Morgan fingerprint density at radius 2 is 2.21 bits per heavy atom. The van der Waals surface area contributed by atoms with E-state index < -0.39 is 0 Å². The van der Waals surface area contributed by atoms with Crippen LogP contribution in [0.1, 0.15) is 12.7 Å². The Hall–Kier alpha value is -2.32. The lowest BCUT2D eigenvalue weighted by Gasteiger charge is -2.01. The molecule has 0 saturated heterocycles. The number of thiazole rings is 1. The molecule has 24 heavy (non-hydrogen) atoms. The van der Waals surface area contributed by atoms with Gasteiger partial charge in [0, 0.05) is 12.6 Å². The first-order valence-corrected chi connectivity index (χ1v) is 9.00. The van der Waals surface area contributed by atoms with Crippen molar-refractivity contribution in [1.82, 2.24) is 10.3 Å².